The third-order valence-electron chi connectivity index (χ3n) is 5.76. The number of hydrogen-bond donors (Lipinski definition) is 2. The summed E-state index contributed by atoms with van der Waals surface area (Å²) in [4.78, 5) is 45.4. The van der Waals surface area contributed by atoms with Gasteiger partial charge in [-0.3, -0.25) is 19.4 Å². The van der Waals surface area contributed by atoms with Crippen LogP contribution in [0.25, 0.3) is 10.3 Å². The van der Waals surface area contributed by atoms with Crippen molar-refractivity contribution in [3.63, 3.8) is 0 Å². The van der Waals surface area contributed by atoms with Gasteiger partial charge in [0, 0.05) is 30.9 Å². The Morgan fingerprint density at radius 1 is 1.06 bits per heavy atom. The van der Waals surface area contributed by atoms with Gasteiger partial charge in [-0.05, 0) is 62.4 Å². The smallest absolute Gasteiger partial charge is 0.306 e. The average molecular weight is 468 g/mol. The number of ether oxygens (including phenoxy) is 1. The minimum atomic E-state index is -0.731. The highest BCUT2D eigenvalue weighted by Gasteiger charge is 2.26. The Labute approximate surface area is 195 Å². The van der Waals surface area contributed by atoms with Crippen molar-refractivity contribution in [3.8, 4) is 5.75 Å². The Hall–Kier alpha value is -3.33. The Morgan fingerprint density at radius 2 is 1.79 bits per heavy atom. The third-order valence-corrected chi connectivity index (χ3v) is 6.79. The monoisotopic (exact) mass is 467 g/mol. The first-order chi connectivity index (χ1) is 16.0. The number of amides is 1. The van der Waals surface area contributed by atoms with E-state index in [1.807, 2.05) is 0 Å². The number of carboxylic acids is 1. The molecule has 1 fully saturated rings. The highest BCUT2D eigenvalue weighted by molar-refractivity contribution is 7.20. The van der Waals surface area contributed by atoms with Crippen LogP contribution in [-0.2, 0) is 4.79 Å². The van der Waals surface area contributed by atoms with Gasteiger partial charge in [0.1, 0.15) is 16.1 Å². The van der Waals surface area contributed by atoms with Gasteiger partial charge < -0.3 is 15.2 Å². The number of ketones is 1. The van der Waals surface area contributed by atoms with Crippen molar-refractivity contribution in [2.24, 2.45) is 5.92 Å². The predicted molar refractivity (Wildman–Crippen MR) is 124 cm³/mol. The molecule has 9 heteroatoms. The highest BCUT2D eigenvalue weighted by Crippen LogP contribution is 2.28. The van der Waals surface area contributed by atoms with Gasteiger partial charge in [-0.2, -0.15) is 0 Å². The number of fused-ring (bicyclic) bond motifs is 1. The molecule has 0 unspecified atom stereocenters. The lowest BCUT2D eigenvalue weighted by molar-refractivity contribution is -0.143. The predicted octanol–water partition coefficient (Wildman–Crippen LogP) is 4.11. The van der Waals surface area contributed by atoms with Crippen LogP contribution in [0.5, 0.6) is 5.75 Å². The van der Waals surface area contributed by atoms with Gasteiger partial charge in [0.25, 0.3) is 5.91 Å². The first kappa shape index (κ1) is 22.8. The van der Waals surface area contributed by atoms with Crippen LogP contribution in [0.15, 0.2) is 42.7 Å². The number of carbonyl (C=O) groups excluding carboxylic acids is 2. The fourth-order valence-electron chi connectivity index (χ4n) is 3.91. The largest absolute Gasteiger partial charge is 0.490 e. The number of nitrogens with one attached hydrogen (secondary N) is 1. The first-order valence-electron chi connectivity index (χ1n) is 11.0. The lowest BCUT2D eigenvalue weighted by Gasteiger charge is -2.26. The zero-order valence-electron chi connectivity index (χ0n) is 18.0. The Morgan fingerprint density at radius 3 is 2.48 bits per heavy atom. The Bertz CT molecular complexity index is 1100. The fourth-order valence-corrected chi connectivity index (χ4v) is 4.78. The molecule has 0 spiro atoms. The molecule has 1 saturated carbocycles. The van der Waals surface area contributed by atoms with E-state index >= 15 is 0 Å². The summed E-state index contributed by atoms with van der Waals surface area (Å²) in [5, 5.41) is 11.9. The van der Waals surface area contributed by atoms with Crippen LogP contribution in [0, 0.1) is 5.92 Å². The summed E-state index contributed by atoms with van der Waals surface area (Å²) in [6.07, 6.45) is 6.76. The van der Waals surface area contributed by atoms with Crippen molar-refractivity contribution < 1.29 is 24.2 Å². The Balaban J connectivity index is 1.19. The number of nitrogens with zero attached hydrogens (tertiary/aromatic N) is 2. The SMILES string of the molecule is O=C(CCCNC(=O)c1cc2nccnc2s1)c1ccc(OC2CCC(C(=O)O)CC2)cc1. The molecule has 0 saturated heterocycles. The number of thiophene rings is 1. The summed E-state index contributed by atoms with van der Waals surface area (Å²) in [5.41, 5.74) is 1.30. The summed E-state index contributed by atoms with van der Waals surface area (Å²) in [7, 11) is 0. The van der Waals surface area contributed by atoms with E-state index in [1.165, 1.54) is 11.3 Å². The number of benzene rings is 1. The number of carbonyl (C=O) groups is 3. The van der Waals surface area contributed by atoms with Crippen molar-refractivity contribution in [2.75, 3.05) is 6.54 Å². The van der Waals surface area contributed by atoms with Crippen molar-refractivity contribution in [2.45, 2.75) is 44.6 Å². The van der Waals surface area contributed by atoms with E-state index in [4.69, 9.17) is 9.84 Å². The topological polar surface area (TPSA) is 118 Å². The van der Waals surface area contributed by atoms with Gasteiger partial charge in [0.15, 0.2) is 5.78 Å². The lowest BCUT2D eigenvalue weighted by Crippen LogP contribution is -2.27. The zero-order chi connectivity index (χ0) is 23.2. The molecule has 2 aromatic heterocycles. The summed E-state index contributed by atoms with van der Waals surface area (Å²) >= 11 is 1.29. The highest BCUT2D eigenvalue weighted by atomic mass is 32.1. The van der Waals surface area contributed by atoms with E-state index in [1.54, 1.807) is 42.7 Å². The van der Waals surface area contributed by atoms with Crippen molar-refractivity contribution >= 4 is 39.3 Å². The number of Topliss-reactive ketones (excluding diaryl/α,β-unsaturated/α-hetero) is 1. The molecule has 1 amide bonds. The second-order valence-electron chi connectivity index (χ2n) is 8.09. The minimum absolute atomic E-state index is 0.00743. The molecule has 1 aliphatic rings. The number of aromatic nitrogens is 2. The number of hydrogen-bond acceptors (Lipinski definition) is 7. The third kappa shape index (κ3) is 5.92. The van der Waals surface area contributed by atoms with Gasteiger partial charge in [0.2, 0.25) is 0 Å². The van der Waals surface area contributed by atoms with Crippen LogP contribution in [0.2, 0.25) is 0 Å². The van der Waals surface area contributed by atoms with Gasteiger partial charge >= 0.3 is 5.97 Å². The molecule has 33 heavy (non-hydrogen) atoms. The molecule has 172 valence electrons. The van der Waals surface area contributed by atoms with Crippen LogP contribution in [0.1, 0.15) is 58.6 Å². The molecular weight excluding hydrogens is 442 g/mol. The second kappa shape index (κ2) is 10.5. The number of rotatable bonds is 9. The molecule has 8 nitrogen and oxygen atoms in total. The summed E-state index contributed by atoms with van der Waals surface area (Å²) in [6, 6.07) is 8.77. The van der Waals surface area contributed by atoms with E-state index in [0.717, 1.165) is 17.7 Å². The quantitative estimate of drug-likeness (QED) is 0.359. The van der Waals surface area contributed by atoms with E-state index in [-0.39, 0.29) is 23.7 Å². The van der Waals surface area contributed by atoms with Crippen LogP contribution in [0.3, 0.4) is 0 Å². The molecule has 2 heterocycles. The van der Waals surface area contributed by atoms with Gasteiger partial charge in [-0.1, -0.05) is 0 Å². The van der Waals surface area contributed by atoms with Crippen molar-refractivity contribution in [1.29, 1.82) is 0 Å². The van der Waals surface area contributed by atoms with Gasteiger partial charge in [-0.25, -0.2) is 4.98 Å². The van der Waals surface area contributed by atoms with Crippen molar-refractivity contribution in [3.05, 3.63) is 53.2 Å². The molecular formula is C24H25N3O5S. The van der Waals surface area contributed by atoms with E-state index in [2.05, 4.69) is 15.3 Å². The van der Waals surface area contributed by atoms with Crippen LogP contribution >= 0.6 is 11.3 Å². The normalized spacial score (nSPS) is 18.1. The zero-order valence-corrected chi connectivity index (χ0v) is 18.8. The summed E-state index contributed by atoms with van der Waals surface area (Å²) < 4.78 is 5.95. The van der Waals surface area contributed by atoms with E-state index in [9.17, 15) is 14.4 Å². The Kier molecular flexibility index (Phi) is 7.29. The molecule has 1 aliphatic carbocycles. The fraction of sp³-hybridized carbons (Fsp3) is 0.375. The standard InChI is InChI=1S/C24H25N3O5S/c28-20(2-1-11-26-22(29)21-14-19-23(33-21)27-13-12-25-19)15-3-7-17(8-4-15)32-18-9-5-16(6-10-18)24(30)31/h3-4,7-8,12-14,16,18H,1-2,5-6,9-11H2,(H,26,29)(H,30,31). The lowest BCUT2D eigenvalue weighted by atomic mass is 9.87. The maximum Gasteiger partial charge on any atom is 0.306 e. The van der Waals surface area contributed by atoms with Gasteiger partial charge in [0.05, 0.1) is 16.9 Å². The van der Waals surface area contributed by atoms with Crippen LogP contribution in [-0.4, -0.2) is 45.4 Å². The molecule has 2 N–H and O–H groups in total. The molecule has 0 aliphatic heterocycles. The van der Waals surface area contributed by atoms with Crippen LogP contribution in [0.4, 0.5) is 0 Å². The minimum Gasteiger partial charge on any atom is -0.490 e. The number of aliphatic carboxylic acids is 1. The molecule has 4 rings (SSSR count). The second-order valence-corrected chi connectivity index (χ2v) is 9.12. The van der Waals surface area contributed by atoms with Crippen LogP contribution < -0.4 is 10.1 Å². The average Bonchev–Trinajstić information content (AvgIpc) is 3.27. The summed E-state index contributed by atoms with van der Waals surface area (Å²) in [5.74, 6) is -0.497. The summed E-state index contributed by atoms with van der Waals surface area (Å²) in [6.45, 7) is 0.403. The van der Waals surface area contributed by atoms with E-state index in [0.29, 0.717) is 53.9 Å². The molecule has 0 radical (unpaired) electrons. The first-order valence-corrected chi connectivity index (χ1v) is 11.8. The van der Waals surface area contributed by atoms with Gasteiger partial charge in [-0.15, -0.1) is 11.3 Å². The molecule has 1 aromatic carbocycles. The number of carboxylic acid groups (broad SMARTS) is 1. The molecule has 0 bridgehead atoms. The molecule has 0 atom stereocenters. The maximum absolute atomic E-state index is 12.5. The molecule has 3 aromatic rings. The maximum atomic E-state index is 12.5. The van der Waals surface area contributed by atoms with E-state index < -0.39 is 5.97 Å². The van der Waals surface area contributed by atoms with Crippen molar-refractivity contribution in [1.82, 2.24) is 15.3 Å².